The van der Waals surface area contributed by atoms with E-state index in [1.54, 1.807) is 0 Å². The van der Waals surface area contributed by atoms with Crippen LogP contribution in [0.15, 0.2) is 0 Å². The lowest BCUT2D eigenvalue weighted by molar-refractivity contribution is -0.141. The van der Waals surface area contributed by atoms with Crippen molar-refractivity contribution in [2.24, 2.45) is 11.5 Å². The molecule has 0 aromatic heterocycles. The Morgan fingerprint density at radius 3 is 1.96 bits per heavy atom. The van der Waals surface area contributed by atoms with Crippen molar-refractivity contribution in [1.29, 1.82) is 0 Å². The molecule has 9 N–H and O–H groups in total. The molecule has 13 nitrogen and oxygen atoms in total. The van der Waals surface area contributed by atoms with Gasteiger partial charge in [0.05, 0.1) is 13.0 Å². The second kappa shape index (κ2) is 11.4. The van der Waals surface area contributed by atoms with Gasteiger partial charge in [0.15, 0.2) is 0 Å². The first-order chi connectivity index (χ1) is 12.1. The summed E-state index contributed by atoms with van der Waals surface area (Å²) in [6, 6.07) is -2.88. The molecular weight excluding hydrogens is 354 g/mol. The van der Waals surface area contributed by atoms with E-state index in [0.717, 1.165) is 0 Å². The van der Waals surface area contributed by atoms with E-state index in [-0.39, 0.29) is 12.8 Å². The van der Waals surface area contributed by atoms with E-state index in [0.29, 0.717) is 0 Å². The maximum absolute atomic E-state index is 12.2. The SMILES string of the molecule is NCC(=O)NC(CCC(N)=O)C(=O)NC(CC(=O)O)C(=O)NCC(=O)O. The molecule has 146 valence electrons. The number of carbonyl (C=O) groups excluding carboxylic acids is 4. The third kappa shape index (κ3) is 9.82. The van der Waals surface area contributed by atoms with Crippen LogP contribution in [-0.2, 0) is 28.8 Å². The fourth-order valence-electron chi connectivity index (χ4n) is 1.75. The number of hydrogen-bond acceptors (Lipinski definition) is 7. The van der Waals surface area contributed by atoms with Crippen LogP contribution in [-0.4, -0.2) is 71.0 Å². The molecule has 0 aliphatic carbocycles. The lowest BCUT2D eigenvalue weighted by Gasteiger charge is -2.21. The Balaban J connectivity index is 5.12. The molecule has 0 saturated heterocycles. The van der Waals surface area contributed by atoms with Gasteiger partial charge >= 0.3 is 11.9 Å². The van der Waals surface area contributed by atoms with Gasteiger partial charge < -0.3 is 37.6 Å². The second-order valence-corrected chi connectivity index (χ2v) is 5.10. The van der Waals surface area contributed by atoms with Crippen molar-refractivity contribution < 1.29 is 39.0 Å². The van der Waals surface area contributed by atoms with Gasteiger partial charge in [0.25, 0.3) is 0 Å². The predicted molar refractivity (Wildman–Crippen MR) is 84.2 cm³/mol. The molecule has 2 atom stereocenters. The van der Waals surface area contributed by atoms with Crippen LogP contribution in [0.2, 0.25) is 0 Å². The van der Waals surface area contributed by atoms with E-state index < -0.39 is 67.2 Å². The van der Waals surface area contributed by atoms with Gasteiger partial charge in [-0.05, 0) is 6.42 Å². The molecule has 0 rings (SSSR count). The molecule has 0 aromatic rings. The second-order valence-electron chi connectivity index (χ2n) is 5.10. The van der Waals surface area contributed by atoms with Gasteiger partial charge in [0.1, 0.15) is 18.6 Å². The van der Waals surface area contributed by atoms with Crippen LogP contribution in [0.3, 0.4) is 0 Å². The van der Waals surface area contributed by atoms with Crippen LogP contribution in [0.1, 0.15) is 19.3 Å². The number of amides is 4. The average molecular weight is 375 g/mol. The van der Waals surface area contributed by atoms with E-state index in [9.17, 15) is 28.8 Å². The molecule has 0 aliphatic rings. The molecule has 0 fully saturated rings. The van der Waals surface area contributed by atoms with Crippen LogP contribution in [0.5, 0.6) is 0 Å². The summed E-state index contributed by atoms with van der Waals surface area (Å²) < 4.78 is 0. The molecular formula is C13H21N5O8. The fourth-order valence-corrected chi connectivity index (χ4v) is 1.75. The molecule has 0 saturated carbocycles. The minimum Gasteiger partial charge on any atom is -0.481 e. The first kappa shape index (κ1) is 22.8. The standard InChI is InChI=1S/C13H21N5O8/c14-4-9(20)17-6(1-2-8(15)19)13(26)18-7(3-10(21)22)12(25)16-5-11(23)24/h6-7H,1-5,14H2,(H2,15,19)(H,16,25)(H,17,20)(H,18,26)(H,21,22)(H,23,24). The minimum atomic E-state index is -1.59. The number of carboxylic acid groups (broad SMARTS) is 2. The summed E-state index contributed by atoms with van der Waals surface area (Å²) in [4.78, 5) is 67.6. The van der Waals surface area contributed by atoms with Crippen molar-refractivity contribution in [3.05, 3.63) is 0 Å². The number of aliphatic carboxylic acids is 2. The highest BCUT2D eigenvalue weighted by atomic mass is 16.4. The molecule has 0 bridgehead atoms. The van der Waals surface area contributed by atoms with E-state index in [1.807, 2.05) is 5.32 Å². The Morgan fingerprint density at radius 2 is 1.50 bits per heavy atom. The maximum Gasteiger partial charge on any atom is 0.322 e. The zero-order chi connectivity index (χ0) is 20.3. The molecule has 0 aromatic carbocycles. The molecule has 0 spiro atoms. The summed E-state index contributed by atoms with van der Waals surface area (Å²) in [5.74, 6) is -6.26. The molecule has 26 heavy (non-hydrogen) atoms. The highest BCUT2D eigenvalue weighted by Gasteiger charge is 2.28. The monoisotopic (exact) mass is 375 g/mol. The molecule has 4 amide bonds. The lowest BCUT2D eigenvalue weighted by Crippen LogP contribution is -2.55. The molecule has 0 aliphatic heterocycles. The summed E-state index contributed by atoms with van der Waals surface area (Å²) in [5.41, 5.74) is 10.1. The van der Waals surface area contributed by atoms with Crippen molar-refractivity contribution in [3.8, 4) is 0 Å². The minimum absolute atomic E-state index is 0.205. The van der Waals surface area contributed by atoms with Crippen LogP contribution in [0.4, 0.5) is 0 Å². The Kier molecular flexibility index (Phi) is 9.95. The van der Waals surface area contributed by atoms with Crippen LogP contribution in [0, 0.1) is 0 Å². The number of nitrogens with one attached hydrogen (secondary N) is 3. The summed E-state index contributed by atoms with van der Waals surface area (Å²) in [6.07, 6.45) is -1.30. The van der Waals surface area contributed by atoms with Gasteiger partial charge in [-0.2, -0.15) is 0 Å². The van der Waals surface area contributed by atoms with Gasteiger partial charge in [-0.25, -0.2) is 0 Å². The predicted octanol–water partition coefficient (Wildman–Crippen LogP) is -4.14. The van der Waals surface area contributed by atoms with Gasteiger partial charge in [0.2, 0.25) is 23.6 Å². The van der Waals surface area contributed by atoms with Crippen LogP contribution >= 0.6 is 0 Å². The summed E-state index contributed by atoms with van der Waals surface area (Å²) >= 11 is 0. The molecule has 13 heteroatoms. The van der Waals surface area contributed by atoms with E-state index in [1.165, 1.54) is 0 Å². The number of carbonyl (C=O) groups is 6. The van der Waals surface area contributed by atoms with E-state index in [4.69, 9.17) is 21.7 Å². The van der Waals surface area contributed by atoms with Gasteiger partial charge in [-0.15, -0.1) is 0 Å². The van der Waals surface area contributed by atoms with Crippen LogP contribution in [0.25, 0.3) is 0 Å². The number of primary amides is 1. The van der Waals surface area contributed by atoms with Crippen molar-refractivity contribution in [2.75, 3.05) is 13.1 Å². The molecule has 0 heterocycles. The zero-order valence-corrected chi connectivity index (χ0v) is 13.7. The van der Waals surface area contributed by atoms with Crippen LogP contribution < -0.4 is 27.4 Å². The highest BCUT2D eigenvalue weighted by molar-refractivity contribution is 5.95. The van der Waals surface area contributed by atoms with Gasteiger partial charge in [-0.3, -0.25) is 28.8 Å². The van der Waals surface area contributed by atoms with E-state index >= 15 is 0 Å². The van der Waals surface area contributed by atoms with Gasteiger partial charge in [-0.1, -0.05) is 0 Å². The van der Waals surface area contributed by atoms with Crippen molar-refractivity contribution >= 4 is 35.6 Å². The maximum atomic E-state index is 12.2. The van der Waals surface area contributed by atoms with Crippen molar-refractivity contribution in [3.63, 3.8) is 0 Å². The first-order valence-electron chi connectivity index (χ1n) is 7.36. The van der Waals surface area contributed by atoms with Crippen molar-refractivity contribution in [1.82, 2.24) is 16.0 Å². The highest BCUT2D eigenvalue weighted by Crippen LogP contribution is 2.01. The zero-order valence-electron chi connectivity index (χ0n) is 13.7. The number of carboxylic acids is 2. The van der Waals surface area contributed by atoms with Gasteiger partial charge in [0, 0.05) is 6.42 Å². The third-order valence-corrected chi connectivity index (χ3v) is 2.94. The Hall–Kier alpha value is -3.22. The summed E-state index contributed by atoms with van der Waals surface area (Å²) in [6.45, 7) is -1.22. The Labute approximate surface area is 147 Å². The van der Waals surface area contributed by atoms with Crippen molar-refractivity contribution in [2.45, 2.75) is 31.3 Å². The number of hydrogen-bond donors (Lipinski definition) is 7. The normalized spacial score (nSPS) is 12.3. The largest absolute Gasteiger partial charge is 0.481 e. The quantitative estimate of drug-likeness (QED) is 0.175. The summed E-state index contributed by atoms with van der Waals surface area (Å²) in [7, 11) is 0. The Morgan fingerprint density at radius 1 is 0.885 bits per heavy atom. The average Bonchev–Trinajstić information content (AvgIpc) is 2.54. The third-order valence-electron chi connectivity index (χ3n) is 2.94. The van der Waals surface area contributed by atoms with E-state index in [2.05, 4.69) is 10.6 Å². The smallest absolute Gasteiger partial charge is 0.322 e. The fraction of sp³-hybridized carbons (Fsp3) is 0.538. The lowest BCUT2D eigenvalue weighted by atomic mass is 10.1. The number of nitrogens with two attached hydrogens (primary N) is 2. The molecule has 0 radical (unpaired) electrons. The Bertz CT molecular complexity index is 579. The number of rotatable bonds is 12. The first-order valence-corrected chi connectivity index (χ1v) is 7.36. The molecule has 2 unspecified atom stereocenters. The topological polar surface area (TPSA) is 231 Å². The summed E-state index contributed by atoms with van der Waals surface area (Å²) in [5, 5.41) is 23.6.